The van der Waals surface area contributed by atoms with E-state index in [9.17, 15) is 4.79 Å². The van der Waals surface area contributed by atoms with E-state index < -0.39 is 0 Å². The second-order valence-electron chi connectivity index (χ2n) is 5.60. The minimum Gasteiger partial charge on any atom is -0.326 e. The number of hydrogen-bond acceptors (Lipinski definition) is 3. The van der Waals surface area contributed by atoms with Crippen LogP contribution in [-0.2, 0) is 11.3 Å². The zero-order valence-corrected chi connectivity index (χ0v) is 12.5. The zero-order valence-electron chi connectivity index (χ0n) is 12.5. The summed E-state index contributed by atoms with van der Waals surface area (Å²) in [4.78, 5) is 13.5. The Kier molecular flexibility index (Phi) is 5.56. The Morgan fingerprint density at radius 2 is 1.90 bits per heavy atom. The summed E-state index contributed by atoms with van der Waals surface area (Å²) in [6.07, 6.45) is 2.68. The Labute approximate surface area is 121 Å². The number of anilines is 1. The molecule has 0 aliphatic carbocycles. The third-order valence-corrected chi connectivity index (χ3v) is 3.81. The summed E-state index contributed by atoms with van der Waals surface area (Å²) in [6.45, 7) is 8.20. The molecule has 20 heavy (non-hydrogen) atoms. The SMILES string of the molecule is CC(=O)Nc1ccc(CNCC(C)N2CCCC2)cc1. The molecule has 2 N–H and O–H groups in total. The average Bonchev–Trinajstić information content (AvgIpc) is 2.94. The van der Waals surface area contributed by atoms with Gasteiger partial charge in [0.15, 0.2) is 0 Å². The highest BCUT2D eigenvalue weighted by molar-refractivity contribution is 5.88. The summed E-state index contributed by atoms with van der Waals surface area (Å²) in [5.74, 6) is -0.0321. The summed E-state index contributed by atoms with van der Waals surface area (Å²) >= 11 is 0. The molecule has 0 saturated carbocycles. The summed E-state index contributed by atoms with van der Waals surface area (Å²) in [7, 11) is 0. The van der Waals surface area contributed by atoms with Gasteiger partial charge in [-0.05, 0) is 50.6 Å². The lowest BCUT2D eigenvalue weighted by Crippen LogP contribution is -2.38. The monoisotopic (exact) mass is 275 g/mol. The molecule has 4 nitrogen and oxygen atoms in total. The van der Waals surface area contributed by atoms with Gasteiger partial charge in [-0.2, -0.15) is 0 Å². The van der Waals surface area contributed by atoms with Gasteiger partial charge >= 0.3 is 0 Å². The molecule has 0 radical (unpaired) electrons. The quantitative estimate of drug-likeness (QED) is 0.836. The molecule has 1 unspecified atom stereocenters. The maximum absolute atomic E-state index is 10.9. The van der Waals surface area contributed by atoms with Crippen molar-refractivity contribution in [3.8, 4) is 0 Å². The molecule has 1 aromatic carbocycles. The van der Waals surface area contributed by atoms with Crippen LogP contribution in [0.5, 0.6) is 0 Å². The van der Waals surface area contributed by atoms with E-state index in [1.807, 2.05) is 12.1 Å². The number of carbonyl (C=O) groups is 1. The van der Waals surface area contributed by atoms with Crippen LogP contribution < -0.4 is 10.6 Å². The van der Waals surface area contributed by atoms with Crippen molar-refractivity contribution in [3.05, 3.63) is 29.8 Å². The fraction of sp³-hybridized carbons (Fsp3) is 0.562. The number of rotatable bonds is 6. The molecule has 4 heteroatoms. The lowest BCUT2D eigenvalue weighted by Gasteiger charge is -2.24. The highest BCUT2D eigenvalue weighted by atomic mass is 16.1. The first-order valence-corrected chi connectivity index (χ1v) is 7.46. The van der Waals surface area contributed by atoms with Crippen molar-refractivity contribution in [3.63, 3.8) is 0 Å². The molecule has 2 rings (SSSR count). The van der Waals surface area contributed by atoms with Crippen LogP contribution in [0.3, 0.4) is 0 Å². The maximum atomic E-state index is 10.9. The predicted molar refractivity (Wildman–Crippen MR) is 82.7 cm³/mol. The van der Waals surface area contributed by atoms with Crippen LogP contribution in [0.25, 0.3) is 0 Å². The number of likely N-dealkylation sites (tertiary alicyclic amines) is 1. The van der Waals surface area contributed by atoms with Gasteiger partial charge < -0.3 is 10.6 Å². The Balaban J connectivity index is 1.72. The molecule has 1 amide bonds. The summed E-state index contributed by atoms with van der Waals surface area (Å²) < 4.78 is 0. The number of hydrogen-bond donors (Lipinski definition) is 2. The van der Waals surface area contributed by atoms with E-state index >= 15 is 0 Å². The third kappa shape index (κ3) is 4.62. The first-order chi connectivity index (χ1) is 9.65. The van der Waals surface area contributed by atoms with Crippen molar-refractivity contribution in [2.45, 2.75) is 39.3 Å². The predicted octanol–water partition coefficient (Wildman–Crippen LogP) is 2.22. The van der Waals surface area contributed by atoms with Crippen molar-refractivity contribution in [2.75, 3.05) is 25.0 Å². The van der Waals surface area contributed by atoms with Gasteiger partial charge in [0.25, 0.3) is 0 Å². The van der Waals surface area contributed by atoms with E-state index in [2.05, 4.69) is 34.6 Å². The first-order valence-electron chi connectivity index (χ1n) is 7.46. The molecule has 1 aromatic rings. The highest BCUT2D eigenvalue weighted by Gasteiger charge is 2.17. The van der Waals surface area contributed by atoms with E-state index in [0.29, 0.717) is 6.04 Å². The minimum absolute atomic E-state index is 0.0321. The van der Waals surface area contributed by atoms with Gasteiger partial charge in [-0.15, -0.1) is 0 Å². The van der Waals surface area contributed by atoms with Crippen molar-refractivity contribution in [2.24, 2.45) is 0 Å². The third-order valence-electron chi connectivity index (χ3n) is 3.81. The number of nitrogens with one attached hydrogen (secondary N) is 2. The number of benzene rings is 1. The second kappa shape index (κ2) is 7.41. The molecule has 110 valence electrons. The van der Waals surface area contributed by atoms with Crippen molar-refractivity contribution < 1.29 is 4.79 Å². The smallest absolute Gasteiger partial charge is 0.221 e. The Bertz CT molecular complexity index is 424. The lowest BCUT2D eigenvalue weighted by atomic mass is 10.2. The van der Waals surface area contributed by atoms with Gasteiger partial charge in [-0.25, -0.2) is 0 Å². The zero-order chi connectivity index (χ0) is 14.4. The van der Waals surface area contributed by atoms with Crippen LogP contribution in [-0.4, -0.2) is 36.5 Å². The van der Waals surface area contributed by atoms with Crippen LogP contribution in [0.4, 0.5) is 5.69 Å². The van der Waals surface area contributed by atoms with Crippen LogP contribution in [0, 0.1) is 0 Å². The molecule has 0 aromatic heterocycles. The number of nitrogens with zero attached hydrogens (tertiary/aromatic N) is 1. The van der Waals surface area contributed by atoms with Crippen molar-refractivity contribution in [1.29, 1.82) is 0 Å². The largest absolute Gasteiger partial charge is 0.326 e. The molecular formula is C16H25N3O. The van der Waals surface area contributed by atoms with Crippen LogP contribution in [0.15, 0.2) is 24.3 Å². The molecule has 1 aliphatic heterocycles. The fourth-order valence-corrected chi connectivity index (χ4v) is 2.65. The average molecular weight is 275 g/mol. The molecule has 1 fully saturated rings. The summed E-state index contributed by atoms with van der Waals surface area (Å²) in [5.41, 5.74) is 2.10. The lowest BCUT2D eigenvalue weighted by molar-refractivity contribution is -0.114. The Hall–Kier alpha value is -1.39. The Morgan fingerprint density at radius 3 is 2.50 bits per heavy atom. The number of amides is 1. The van der Waals surface area contributed by atoms with Crippen LogP contribution >= 0.6 is 0 Å². The molecule has 0 bridgehead atoms. The van der Waals surface area contributed by atoms with Crippen molar-refractivity contribution in [1.82, 2.24) is 10.2 Å². The van der Waals surface area contributed by atoms with Crippen LogP contribution in [0.2, 0.25) is 0 Å². The van der Waals surface area contributed by atoms with Gasteiger partial charge in [0.2, 0.25) is 5.91 Å². The van der Waals surface area contributed by atoms with E-state index in [-0.39, 0.29) is 5.91 Å². The second-order valence-corrected chi connectivity index (χ2v) is 5.60. The first kappa shape index (κ1) is 15.0. The molecule has 1 heterocycles. The highest BCUT2D eigenvalue weighted by Crippen LogP contribution is 2.12. The van der Waals surface area contributed by atoms with E-state index in [0.717, 1.165) is 18.8 Å². The van der Waals surface area contributed by atoms with Gasteiger partial charge in [0.05, 0.1) is 0 Å². The fourth-order valence-electron chi connectivity index (χ4n) is 2.65. The molecule has 1 atom stereocenters. The van der Waals surface area contributed by atoms with E-state index in [1.165, 1.54) is 38.4 Å². The normalized spacial score (nSPS) is 17.1. The standard InChI is InChI=1S/C16H25N3O/c1-13(19-9-3-4-10-19)11-17-12-15-5-7-16(8-6-15)18-14(2)20/h5-8,13,17H,3-4,9-12H2,1-2H3,(H,18,20). The molecular weight excluding hydrogens is 250 g/mol. The molecule has 0 spiro atoms. The summed E-state index contributed by atoms with van der Waals surface area (Å²) in [6, 6.07) is 8.61. The van der Waals surface area contributed by atoms with Gasteiger partial charge in [-0.1, -0.05) is 12.1 Å². The Morgan fingerprint density at radius 1 is 1.25 bits per heavy atom. The maximum Gasteiger partial charge on any atom is 0.221 e. The molecule has 1 saturated heterocycles. The molecule has 1 aliphatic rings. The van der Waals surface area contributed by atoms with Gasteiger partial charge in [-0.3, -0.25) is 9.69 Å². The summed E-state index contributed by atoms with van der Waals surface area (Å²) in [5, 5.41) is 6.29. The van der Waals surface area contributed by atoms with E-state index in [1.54, 1.807) is 0 Å². The van der Waals surface area contributed by atoms with Crippen LogP contribution in [0.1, 0.15) is 32.3 Å². The van der Waals surface area contributed by atoms with Gasteiger partial charge in [0, 0.05) is 31.7 Å². The number of carbonyl (C=O) groups excluding carboxylic acids is 1. The van der Waals surface area contributed by atoms with E-state index in [4.69, 9.17) is 0 Å². The topological polar surface area (TPSA) is 44.4 Å². The van der Waals surface area contributed by atoms with Crippen molar-refractivity contribution >= 4 is 11.6 Å². The van der Waals surface area contributed by atoms with Gasteiger partial charge in [0.1, 0.15) is 0 Å². The minimum atomic E-state index is -0.0321.